The van der Waals surface area contributed by atoms with Crippen LogP contribution in [0.4, 0.5) is 0 Å². The molecule has 0 saturated heterocycles. The van der Waals surface area contributed by atoms with E-state index in [0.717, 1.165) is 17.7 Å². The molecule has 0 aliphatic heterocycles. The van der Waals surface area contributed by atoms with Crippen LogP contribution in [0.1, 0.15) is 16.7 Å². The number of hydrogen-bond donors (Lipinski definition) is 1. The zero-order valence-electron chi connectivity index (χ0n) is 12.2. The van der Waals surface area contributed by atoms with Crippen LogP contribution in [0.3, 0.4) is 0 Å². The summed E-state index contributed by atoms with van der Waals surface area (Å²) in [4.78, 5) is 0. The van der Waals surface area contributed by atoms with Gasteiger partial charge >= 0.3 is 0 Å². The fourth-order valence-electron chi connectivity index (χ4n) is 2.06. The van der Waals surface area contributed by atoms with Crippen molar-refractivity contribution in [1.29, 1.82) is 5.26 Å². The standard InChI is InChI=1S/C17H18N2O2/c1-19-11-13-6-7-17(15(8-13)10-18)21-16-5-3-4-14(9-16)12-20-2/h3-9,19H,11-12H2,1-2H3. The van der Waals surface area contributed by atoms with Crippen molar-refractivity contribution in [3.05, 3.63) is 59.2 Å². The van der Waals surface area contributed by atoms with Gasteiger partial charge in [0.05, 0.1) is 12.2 Å². The summed E-state index contributed by atoms with van der Waals surface area (Å²) in [5.74, 6) is 1.26. The third-order valence-corrected chi connectivity index (χ3v) is 2.98. The van der Waals surface area contributed by atoms with Crippen molar-refractivity contribution in [1.82, 2.24) is 5.32 Å². The average molecular weight is 282 g/mol. The molecular formula is C17H18N2O2. The summed E-state index contributed by atoms with van der Waals surface area (Å²) >= 11 is 0. The number of methoxy groups -OCH3 is 1. The Hall–Kier alpha value is -2.35. The van der Waals surface area contributed by atoms with E-state index in [1.807, 2.05) is 49.5 Å². The Bertz CT molecular complexity index is 647. The minimum Gasteiger partial charge on any atom is -0.456 e. The lowest BCUT2D eigenvalue weighted by molar-refractivity contribution is 0.184. The van der Waals surface area contributed by atoms with E-state index >= 15 is 0 Å². The second-order valence-corrected chi connectivity index (χ2v) is 4.66. The minimum absolute atomic E-state index is 0.528. The largest absolute Gasteiger partial charge is 0.456 e. The molecule has 21 heavy (non-hydrogen) atoms. The van der Waals surface area contributed by atoms with Gasteiger partial charge in [-0.05, 0) is 42.4 Å². The summed E-state index contributed by atoms with van der Waals surface area (Å²) in [7, 11) is 3.53. The molecule has 0 fully saturated rings. The van der Waals surface area contributed by atoms with Gasteiger partial charge in [0.25, 0.3) is 0 Å². The van der Waals surface area contributed by atoms with E-state index in [0.29, 0.717) is 23.7 Å². The Labute approximate surface area is 124 Å². The molecule has 2 rings (SSSR count). The molecule has 0 heterocycles. The minimum atomic E-state index is 0.528. The maximum atomic E-state index is 9.26. The third kappa shape index (κ3) is 4.06. The zero-order chi connectivity index (χ0) is 15.1. The quantitative estimate of drug-likeness (QED) is 0.884. The monoisotopic (exact) mass is 282 g/mol. The van der Waals surface area contributed by atoms with E-state index in [1.54, 1.807) is 7.11 Å². The average Bonchev–Trinajstić information content (AvgIpc) is 2.50. The fourth-order valence-corrected chi connectivity index (χ4v) is 2.06. The molecule has 0 atom stereocenters. The van der Waals surface area contributed by atoms with E-state index < -0.39 is 0 Å². The Kier molecular flexibility index (Phi) is 5.33. The molecular weight excluding hydrogens is 264 g/mol. The van der Waals surface area contributed by atoms with Gasteiger partial charge in [-0.15, -0.1) is 0 Å². The second-order valence-electron chi connectivity index (χ2n) is 4.66. The van der Waals surface area contributed by atoms with Crippen LogP contribution in [0.5, 0.6) is 11.5 Å². The molecule has 4 heteroatoms. The van der Waals surface area contributed by atoms with Gasteiger partial charge in [-0.2, -0.15) is 5.26 Å². The van der Waals surface area contributed by atoms with Crippen molar-refractivity contribution in [2.75, 3.05) is 14.2 Å². The lowest BCUT2D eigenvalue weighted by atomic mass is 10.1. The first-order valence-electron chi connectivity index (χ1n) is 6.70. The van der Waals surface area contributed by atoms with E-state index in [9.17, 15) is 5.26 Å². The molecule has 4 nitrogen and oxygen atoms in total. The number of ether oxygens (including phenoxy) is 2. The highest BCUT2D eigenvalue weighted by molar-refractivity contribution is 5.47. The normalized spacial score (nSPS) is 10.1. The number of rotatable bonds is 6. The van der Waals surface area contributed by atoms with E-state index in [4.69, 9.17) is 9.47 Å². The van der Waals surface area contributed by atoms with Gasteiger partial charge in [-0.1, -0.05) is 18.2 Å². The Balaban J connectivity index is 2.23. The topological polar surface area (TPSA) is 54.3 Å². The number of benzene rings is 2. The third-order valence-electron chi connectivity index (χ3n) is 2.98. The number of nitrogens with zero attached hydrogens (tertiary/aromatic N) is 1. The van der Waals surface area contributed by atoms with Crippen LogP contribution in [-0.2, 0) is 17.9 Å². The molecule has 0 radical (unpaired) electrons. The number of hydrogen-bond acceptors (Lipinski definition) is 4. The molecule has 0 amide bonds. The van der Waals surface area contributed by atoms with Crippen LogP contribution in [0, 0.1) is 11.3 Å². The highest BCUT2D eigenvalue weighted by Gasteiger charge is 2.06. The van der Waals surface area contributed by atoms with Crippen molar-refractivity contribution in [2.24, 2.45) is 0 Å². The Morgan fingerprint density at radius 2 is 2.00 bits per heavy atom. The zero-order valence-corrected chi connectivity index (χ0v) is 12.2. The van der Waals surface area contributed by atoms with Gasteiger partial charge in [0, 0.05) is 13.7 Å². The van der Waals surface area contributed by atoms with Crippen molar-refractivity contribution >= 4 is 0 Å². The smallest absolute Gasteiger partial charge is 0.145 e. The van der Waals surface area contributed by atoms with Crippen LogP contribution < -0.4 is 10.1 Å². The van der Waals surface area contributed by atoms with Crippen LogP contribution >= 0.6 is 0 Å². The summed E-state index contributed by atoms with van der Waals surface area (Å²) in [6, 6.07) is 15.4. The van der Waals surface area contributed by atoms with Gasteiger partial charge in [0.2, 0.25) is 0 Å². The predicted octanol–water partition coefficient (Wildman–Crippen LogP) is 3.22. The van der Waals surface area contributed by atoms with E-state index in [1.165, 1.54) is 0 Å². The lowest BCUT2D eigenvalue weighted by Crippen LogP contribution is -2.05. The molecule has 0 bridgehead atoms. The highest BCUT2D eigenvalue weighted by atomic mass is 16.5. The first-order chi connectivity index (χ1) is 10.3. The van der Waals surface area contributed by atoms with Gasteiger partial charge in [-0.25, -0.2) is 0 Å². The van der Waals surface area contributed by atoms with Gasteiger partial charge in [-0.3, -0.25) is 0 Å². The molecule has 2 aromatic rings. The predicted molar refractivity (Wildman–Crippen MR) is 81.1 cm³/mol. The fraction of sp³-hybridized carbons (Fsp3) is 0.235. The summed E-state index contributed by atoms with van der Waals surface area (Å²) in [6.07, 6.45) is 0. The SMILES string of the molecule is CNCc1ccc(Oc2cccc(COC)c2)c(C#N)c1. The van der Waals surface area contributed by atoms with Crippen LogP contribution in [0.25, 0.3) is 0 Å². The van der Waals surface area contributed by atoms with E-state index in [-0.39, 0.29) is 0 Å². The molecule has 0 aromatic heterocycles. The first kappa shape index (κ1) is 15.0. The molecule has 0 unspecified atom stereocenters. The second kappa shape index (κ2) is 7.44. The number of nitrogens with one attached hydrogen (secondary N) is 1. The maximum Gasteiger partial charge on any atom is 0.145 e. The Morgan fingerprint density at radius 3 is 2.71 bits per heavy atom. The van der Waals surface area contributed by atoms with Crippen molar-refractivity contribution in [3.63, 3.8) is 0 Å². The molecule has 1 N–H and O–H groups in total. The maximum absolute atomic E-state index is 9.26. The van der Waals surface area contributed by atoms with Crippen LogP contribution in [-0.4, -0.2) is 14.2 Å². The van der Waals surface area contributed by atoms with Gasteiger partial charge in [0.15, 0.2) is 0 Å². The van der Waals surface area contributed by atoms with Crippen LogP contribution in [0.15, 0.2) is 42.5 Å². The molecule has 0 saturated carbocycles. The number of nitriles is 1. The van der Waals surface area contributed by atoms with E-state index in [2.05, 4.69) is 11.4 Å². The molecule has 2 aromatic carbocycles. The molecule has 0 aliphatic rings. The van der Waals surface area contributed by atoms with Crippen molar-refractivity contribution < 1.29 is 9.47 Å². The lowest BCUT2D eigenvalue weighted by Gasteiger charge is -2.10. The first-order valence-corrected chi connectivity index (χ1v) is 6.70. The Morgan fingerprint density at radius 1 is 1.14 bits per heavy atom. The van der Waals surface area contributed by atoms with Crippen molar-refractivity contribution in [3.8, 4) is 17.6 Å². The summed E-state index contributed by atoms with van der Waals surface area (Å²) in [6.45, 7) is 1.25. The molecule has 108 valence electrons. The highest BCUT2D eigenvalue weighted by Crippen LogP contribution is 2.26. The summed E-state index contributed by atoms with van der Waals surface area (Å²) in [5, 5.41) is 12.3. The van der Waals surface area contributed by atoms with Crippen LogP contribution in [0.2, 0.25) is 0 Å². The van der Waals surface area contributed by atoms with Gasteiger partial charge < -0.3 is 14.8 Å². The van der Waals surface area contributed by atoms with Crippen molar-refractivity contribution in [2.45, 2.75) is 13.2 Å². The van der Waals surface area contributed by atoms with Gasteiger partial charge in [0.1, 0.15) is 17.6 Å². The molecule has 0 aliphatic carbocycles. The summed E-state index contributed by atoms with van der Waals surface area (Å²) in [5.41, 5.74) is 2.61. The molecule has 0 spiro atoms. The summed E-state index contributed by atoms with van der Waals surface area (Å²) < 4.78 is 10.9.